The Balaban J connectivity index is 2.23. The molecule has 1 atom stereocenters. The van der Waals surface area contributed by atoms with Crippen LogP contribution >= 0.6 is 0 Å². The van der Waals surface area contributed by atoms with Gasteiger partial charge in [-0.1, -0.05) is 12.1 Å². The number of hydrogen-bond acceptors (Lipinski definition) is 5. The van der Waals surface area contributed by atoms with E-state index in [1.54, 1.807) is 14.2 Å². The second kappa shape index (κ2) is 7.22. The number of methoxy groups -OCH3 is 2. The molecule has 1 unspecified atom stereocenters. The first-order chi connectivity index (χ1) is 10.5. The van der Waals surface area contributed by atoms with E-state index in [0.717, 1.165) is 17.3 Å². The second-order valence-corrected chi connectivity index (χ2v) is 5.28. The first-order valence-electron chi connectivity index (χ1n) is 7.25. The molecule has 0 aliphatic heterocycles. The molecule has 1 heterocycles. The van der Waals surface area contributed by atoms with E-state index in [2.05, 4.69) is 33.9 Å². The molecule has 0 spiro atoms. The van der Waals surface area contributed by atoms with Crippen molar-refractivity contribution in [3.63, 3.8) is 0 Å². The molecule has 0 saturated heterocycles. The topological polar surface area (TPSA) is 47.5 Å². The summed E-state index contributed by atoms with van der Waals surface area (Å²) < 4.78 is 10.3. The second-order valence-electron chi connectivity index (χ2n) is 5.28. The van der Waals surface area contributed by atoms with E-state index in [9.17, 15) is 0 Å². The van der Waals surface area contributed by atoms with Gasteiger partial charge in [-0.3, -0.25) is 0 Å². The summed E-state index contributed by atoms with van der Waals surface area (Å²) >= 11 is 0. The quantitative estimate of drug-likeness (QED) is 0.820. The fraction of sp³-hybridized carbons (Fsp3) is 0.412. The molecule has 0 aliphatic rings. The van der Waals surface area contributed by atoms with Gasteiger partial charge in [-0.25, -0.2) is 9.97 Å². The van der Waals surface area contributed by atoms with Gasteiger partial charge in [0.25, 0.3) is 0 Å². The summed E-state index contributed by atoms with van der Waals surface area (Å²) in [5.41, 5.74) is 2.14. The van der Waals surface area contributed by atoms with Crippen LogP contribution in [0.2, 0.25) is 0 Å². The molecule has 118 valence electrons. The molecule has 2 rings (SSSR count). The Morgan fingerprint density at radius 3 is 2.41 bits per heavy atom. The van der Waals surface area contributed by atoms with E-state index >= 15 is 0 Å². The minimum absolute atomic E-state index is 0.190. The van der Waals surface area contributed by atoms with Crippen LogP contribution in [-0.4, -0.2) is 31.2 Å². The van der Waals surface area contributed by atoms with Crippen LogP contribution < -0.4 is 9.64 Å². The number of nitrogens with zero attached hydrogens (tertiary/aromatic N) is 3. The third-order valence-corrected chi connectivity index (χ3v) is 3.70. The first-order valence-corrected chi connectivity index (χ1v) is 7.25. The van der Waals surface area contributed by atoms with Crippen LogP contribution in [0.25, 0.3) is 0 Å². The van der Waals surface area contributed by atoms with E-state index in [1.807, 2.05) is 32.2 Å². The van der Waals surface area contributed by atoms with Crippen LogP contribution in [0.3, 0.4) is 0 Å². The summed E-state index contributed by atoms with van der Waals surface area (Å²) in [4.78, 5) is 11.1. The van der Waals surface area contributed by atoms with Gasteiger partial charge in [0.1, 0.15) is 18.2 Å². The van der Waals surface area contributed by atoms with Gasteiger partial charge in [0, 0.05) is 25.9 Å². The zero-order chi connectivity index (χ0) is 16.1. The van der Waals surface area contributed by atoms with E-state index in [-0.39, 0.29) is 6.04 Å². The van der Waals surface area contributed by atoms with Crippen LogP contribution in [0.15, 0.2) is 30.3 Å². The molecule has 0 aliphatic carbocycles. The minimum Gasteiger partial charge on any atom is -0.497 e. The largest absolute Gasteiger partial charge is 0.497 e. The molecule has 22 heavy (non-hydrogen) atoms. The maximum absolute atomic E-state index is 5.20. The first kappa shape index (κ1) is 16.2. The minimum atomic E-state index is 0.190. The summed E-state index contributed by atoms with van der Waals surface area (Å²) in [5.74, 6) is 2.45. The van der Waals surface area contributed by atoms with Gasteiger partial charge in [0.15, 0.2) is 5.82 Å². The van der Waals surface area contributed by atoms with Gasteiger partial charge in [-0.15, -0.1) is 0 Å². The predicted octanol–water partition coefficient (Wildman–Crippen LogP) is 3.14. The van der Waals surface area contributed by atoms with Gasteiger partial charge in [-0.05, 0) is 31.5 Å². The fourth-order valence-corrected chi connectivity index (χ4v) is 2.29. The molecule has 0 N–H and O–H groups in total. The highest BCUT2D eigenvalue weighted by molar-refractivity contribution is 5.43. The highest BCUT2D eigenvalue weighted by atomic mass is 16.5. The number of anilines is 1. The van der Waals surface area contributed by atoms with Crippen molar-refractivity contribution >= 4 is 5.82 Å². The molecule has 2 aromatic rings. The Morgan fingerprint density at radius 2 is 1.82 bits per heavy atom. The highest BCUT2D eigenvalue weighted by Crippen LogP contribution is 2.25. The number of hydrogen-bond donors (Lipinski definition) is 0. The molecule has 0 saturated carbocycles. The molecular weight excluding hydrogens is 278 g/mol. The van der Waals surface area contributed by atoms with Crippen molar-refractivity contribution in [3.05, 3.63) is 47.4 Å². The van der Waals surface area contributed by atoms with Crippen LogP contribution in [-0.2, 0) is 11.3 Å². The fourth-order valence-electron chi connectivity index (χ4n) is 2.29. The molecule has 0 radical (unpaired) electrons. The third kappa shape index (κ3) is 3.74. The average molecular weight is 301 g/mol. The molecule has 1 aromatic carbocycles. The lowest BCUT2D eigenvalue weighted by Crippen LogP contribution is -2.23. The number of aryl methyl sites for hydroxylation is 1. The Kier molecular flexibility index (Phi) is 5.33. The highest BCUT2D eigenvalue weighted by Gasteiger charge is 2.15. The van der Waals surface area contributed by atoms with Gasteiger partial charge in [-0.2, -0.15) is 0 Å². The molecule has 0 amide bonds. The molecule has 5 heteroatoms. The van der Waals surface area contributed by atoms with Gasteiger partial charge in [0.2, 0.25) is 0 Å². The Labute approximate surface area is 131 Å². The van der Waals surface area contributed by atoms with Gasteiger partial charge in [0.05, 0.1) is 13.2 Å². The van der Waals surface area contributed by atoms with Crippen molar-refractivity contribution in [2.45, 2.75) is 26.5 Å². The van der Waals surface area contributed by atoms with Crippen molar-refractivity contribution in [3.8, 4) is 5.75 Å². The zero-order valence-corrected chi connectivity index (χ0v) is 13.8. The SMILES string of the molecule is COCc1nc(C)cc(N(C)C(C)c2ccc(OC)cc2)n1. The molecule has 1 aromatic heterocycles. The van der Waals surface area contributed by atoms with Crippen molar-refractivity contribution in [1.82, 2.24) is 9.97 Å². The maximum Gasteiger partial charge on any atom is 0.156 e. The van der Waals surface area contributed by atoms with Crippen molar-refractivity contribution in [1.29, 1.82) is 0 Å². The van der Waals surface area contributed by atoms with Crippen LogP contribution in [0.4, 0.5) is 5.82 Å². The van der Waals surface area contributed by atoms with Gasteiger partial charge < -0.3 is 14.4 Å². The zero-order valence-electron chi connectivity index (χ0n) is 13.8. The standard InChI is InChI=1S/C17H23N3O2/c1-12-10-17(19-16(18-12)11-21-4)20(3)13(2)14-6-8-15(22-5)9-7-14/h6-10,13H,11H2,1-5H3. The lowest BCUT2D eigenvalue weighted by Gasteiger charge is -2.27. The summed E-state index contributed by atoms with van der Waals surface area (Å²) in [6, 6.07) is 10.3. The summed E-state index contributed by atoms with van der Waals surface area (Å²) in [6.07, 6.45) is 0. The van der Waals surface area contributed by atoms with E-state index in [0.29, 0.717) is 12.4 Å². The molecule has 0 bridgehead atoms. The Morgan fingerprint density at radius 1 is 1.14 bits per heavy atom. The van der Waals surface area contributed by atoms with Crippen LogP contribution in [0, 0.1) is 6.92 Å². The number of benzene rings is 1. The van der Waals surface area contributed by atoms with Crippen LogP contribution in [0.1, 0.15) is 30.0 Å². The summed E-state index contributed by atoms with van der Waals surface area (Å²) in [5, 5.41) is 0. The number of ether oxygens (including phenoxy) is 2. The van der Waals surface area contributed by atoms with E-state index in [1.165, 1.54) is 5.56 Å². The van der Waals surface area contributed by atoms with Crippen molar-refractivity contribution in [2.24, 2.45) is 0 Å². The molecule has 5 nitrogen and oxygen atoms in total. The number of aromatic nitrogens is 2. The normalized spacial score (nSPS) is 12.0. The molecular formula is C17H23N3O2. The predicted molar refractivity (Wildman–Crippen MR) is 87.3 cm³/mol. The van der Waals surface area contributed by atoms with Crippen LogP contribution in [0.5, 0.6) is 5.75 Å². The van der Waals surface area contributed by atoms with Gasteiger partial charge >= 0.3 is 0 Å². The maximum atomic E-state index is 5.20. The van der Waals surface area contributed by atoms with E-state index in [4.69, 9.17) is 9.47 Å². The van der Waals surface area contributed by atoms with E-state index < -0.39 is 0 Å². The van der Waals surface area contributed by atoms with Crippen molar-refractivity contribution in [2.75, 3.05) is 26.2 Å². The third-order valence-electron chi connectivity index (χ3n) is 3.70. The smallest absolute Gasteiger partial charge is 0.156 e. The number of rotatable bonds is 6. The van der Waals surface area contributed by atoms with Crippen molar-refractivity contribution < 1.29 is 9.47 Å². The average Bonchev–Trinajstić information content (AvgIpc) is 2.53. The summed E-state index contributed by atoms with van der Waals surface area (Å²) in [7, 11) is 5.36. The Bertz CT molecular complexity index is 614. The molecule has 0 fully saturated rings. The summed E-state index contributed by atoms with van der Waals surface area (Å²) in [6.45, 7) is 4.53. The lowest BCUT2D eigenvalue weighted by atomic mass is 10.1. The Hall–Kier alpha value is -2.14. The lowest BCUT2D eigenvalue weighted by molar-refractivity contribution is 0.177. The monoisotopic (exact) mass is 301 g/mol.